The first-order valence-corrected chi connectivity index (χ1v) is 3.36. The molecule has 0 saturated carbocycles. The van der Waals surface area contributed by atoms with Crippen LogP contribution in [0.4, 0.5) is 0 Å². The van der Waals surface area contributed by atoms with Crippen LogP contribution in [-0.2, 0) is 0 Å². The molecule has 1 rings (SSSR count). The molecule has 0 spiro atoms. The molecule has 0 bridgehead atoms. The molecule has 3 nitrogen and oxygen atoms in total. The molecular formula is C7H9N3. The van der Waals surface area contributed by atoms with E-state index in [4.69, 9.17) is 10.5 Å². The predicted octanol–water partition coefficient (Wildman–Crippen LogP) is 0.403. The largest absolute Gasteiger partial charge is 0.317 e. The van der Waals surface area contributed by atoms with E-state index in [9.17, 15) is 0 Å². The molecule has 52 valence electrons. The second-order valence-corrected chi connectivity index (χ2v) is 2.56. The normalized spacial score (nSPS) is 22.6. The predicted molar refractivity (Wildman–Crippen MR) is 35.8 cm³/mol. The number of hydrogen-bond acceptors (Lipinski definition) is 3. The molecule has 0 aromatic heterocycles. The van der Waals surface area contributed by atoms with Crippen molar-refractivity contribution in [1.82, 2.24) is 5.32 Å². The Labute approximate surface area is 60.3 Å². The van der Waals surface area contributed by atoms with Gasteiger partial charge in [0.2, 0.25) is 0 Å². The van der Waals surface area contributed by atoms with Crippen molar-refractivity contribution in [3.63, 3.8) is 0 Å². The van der Waals surface area contributed by atoms with Crippen LogP contribution in [0.2, 0.25) is 0 Å². The molecule has 0 aromatic carbocycles. The Morgan fingerprint density at radius 3 is 1.90 bits per heavy atom. The van der Waals surface area contributed by atoms with Gasteiger partial charge in [0.25, 0.3) is 0 Å². The summed E-state index contributed by atoms with van der Waals surface area (Å²) in [5, 5.41) is 20.4. The molecule has 0 atom stereocenters. The van der Waals surface area contributed by atoms with Crippen LogP contribution in [0.15, 0.2) is 0 Å². The van der Waals surface area contributed by atoms with Crippen molar-refractivity contribution in [2.24, 2.45) is 5.41 Å². The zero-order valence-electron chi connectivity index (χ0n) is 5.72. The van der Waals surface area contributed by atoms with Gasteiger partial charge in [-0.3, -0.25) is 0 Å². The first-order valence-electron chi connectivity index (χ1n) is 3.36. The number of hydrogen-bond donors (Lipinski definition) is 1. The molecule has 1 aliphatic heterocycles. The van der Waals surface area contributed by atoms with Crippen molar-refractivity contribution in [3.05, 3.63) is 0 Å². The van der Waals surface area contributed by atoms with Gasteiger partial charge in [-0.2, -0.15) is 10.5 Å². The third kappa shape index (κ3) is 1.10. The second-order valence-electron chi connectivity index (χ2n) is 2.56. The highest BCUT2D eigenvalue weighted by atomic mass is 14.9. The van der Waals surface area contributed by atoms with Gasteiger partial charge in [-0.1, -0.05) is 0 Å². The van der Waals surface area contributed by atoms with Crippen LogP contribution in [0.1, 0.15) is 12.8 Å². The van der Waals surface area contributed by atoms with Crippen LogP contribution in [0.3, 0.4) is 0 Å². The Morgan fingerprint density at radius 1 is 1.10 bits per heavy atom. The minimum atomic E-state index is -0.689. The van der Waals surface area contributed by atoms with E-state index < -0.39 is 5.41 Å². The number of nitrogens with zero attached hydrogens (tertiary/aromatic N) is 2. The quantitative estimate of drug-likeness (QED) is 0.523. The highest BCUT2D eigenvalue weighted by Gasteiger charge is 2.31. The zero-order valence-corrected chi connectivity index (χ0v) is 5.72. The molecule has 1 heterocycles. The molecular weight excluding hydrogens is 126 g/mol. The fourth-order valence-electron chi connectivity index (χ4n) is 1.10. The molecule has 1 fully saturated rings. The van der Waals surface area contributed by atoms with E-state index in [1.165, 1.54) is 0 Å². The lowest BCUT2D eigenvalue weighted by Gasteiger charge is -2.23. The molecule has 0 aromatic rings. The number of nitriles is 2. The molecule has 3 heteroatoms. The van der Waals surface area contributed by atoms with Crippen LogP contribution in [-0.4, -0.2) is 13.1 Å². The second kappa shape index (κ2) is 2.68. The standard InChI is InChI=1S/C7H9N3/c8-5-7(6-9)1-3-10-4-2-7/h10H,1-4H2. The van der Waals surface area contributed by atoms with Crippen LogP contribution in [0.25, 0.3) is 0 Å². The van der Waals surface area contributed by atoms with E-state index in [1.807, 2.05) is 0 Å². The van der Waals surface area contributed by atoms with Crippen LogP contribution < -0.4 is 5.32 Å². The topological polar surface area (TPSA) is 59.6 Å². The van der Waals surface area contributed by atoms with Gasteiger partial charge in [0.1, 0.15) is 5.41 Å². The van der Waals surface area contributed by atoms with Crippen molar-refractivity contribution >= 4 is 0 Å². The summed E-state index contributed by atoms with van der Waals surface area (Å²) in [6, 6.07) is 4.13. The SMILES string of the molecule is N#CC1(C#N)CCNCC1. The average Bonchev–Trinajstić information content (AvgIpc) is 2.06. The molecule has 1 saturated heterocycles. The molecule has 0 radical (unpaired) electrons. The molecule has 1 N–H and O–H groups in total. The fraction of sp³-hybridized carbons (Fsp3) is 0.714. The van der Waals surface area contributed by atoms with Crippen LogP contribution >= 0.6 is 0 Å². The maximum absolute atomic E-state index is 8.64. The van der Waals surface area contributed by atoms with E-state index >= 15 is 0 Å². The van der Waals surface area contributed by atoms with Crippen molar-refractivity contribution in [2.45, 2.75) is 12.8 Å². The molecule has 0 aliphatic carbocycles. The van der Waals surface area contributed by atoms with Crippen molar-refractivity contribution in [3.8, 4) is 12.1 Å². The molecule has 1 aliphatic rings. The first-order chi connectivity index (χ1) is 4.83. The smallest absolute Gasteiger partial charge is 0.146 e. The molecule has 10 heavy (non-hydrogen) atoms. The number of rotatable bonds is 0. The molecule has 0 unspecified atom stereocenters. The summed E-state index contributed by atoms with van der Waals surface area (Å²) in [6.07, 6.45) is 1.33. The Kier molecular flexibility index (Phi) is 1.89. The van der Waals surface area contributed by atoms with E-state index in [2.05, 4.69) is 17.5 Å². The van der Waals surface area contributed by atoms with E-state index in [0.29, 0.717) is 12.8 Å². The summed E-state index contributed by atoms with van der Waals surface area (Å²) in [6.45, 7) is 1.59. The van der Waals surface area contributed by atoms with Crippen molar-refractivity contribution in [1.29, 1.82) is 10.5 Å². The van der Waals surface area contributed by atoms with Gasteiger partial charge >= 0.3 is 0 Å². The first kappa shape index (κ1) is 7.05. The summed E-state index contributed by atoms with van der Waals surface area (Å²) in [7, 11) is 0. The Hall–Kier alpha value is -1.06. The van der Waals surface area contributed by atoms with E-state index in [1.54, 1.807) is 0 Å². The summed E-state index contributed by atoms with van der Waals surface area (Å²) in [4.78, 5) is 0. The van der Waals surface area contributed by atoms with Crippen LogP contribution in [0.5, 0.6) is 0 Å². The summed E-state index contributed by atoms with van der Waals surface area (Å²) in [5.74, 6) is 0. The highest BCUT2D eigenvalue weighted by molar-refractivity contribution is 5.14. The number of nitrogens with one attached hydrogen (secondary N) is 1. The zero-order chi connectivity index (χ0) is 7.45. The Morgan fingerprint density at radius 2 is 1.60 bits per heavy atom. The lowest BCUT2D eigenvalue weighted by molar-refractivity contribution is 0.362. The van der Waals surface area contributed by atoms with Gasteiger partial charge in [0.15, 0.2) is 0 Å². The third-order valence-corrected chi connectivity index (χ3v) is 1.89. The van der Waals surface area contributed by atoms with Gasteiger partial charge in [0, 0.05) is 0 Å². The average molecular weight is 135 g/mol. The van der Waals surface area contributed by atoms with Crippen molar-refractivity contribution < 1.29 is 0 Å². The van der Waals surface area contributed by atoms with Gasteiger partial charge in [-0.15, -0.1) is 0 Å². The molecule has 0 amide bonds. The van der Waals surface area contributed by atoms with Gasteiger partial charge < -0.3 is 5.32 Å². The monoisotopic (exact) mass is 135 g/mol. The maximum atomic E-state index is 8.64. The summed E-state index contributed by atoms with van der Waals surface area (Å²) < 4.78 is 0. The third-order valence-electron chi connectivity index (χ3n) is 1.89. The summed E-state index contributed by atoms with van der Waals surface area (Å²) in [5.41, 5.74) is -0.689. The lowest BCUT2D eigenvalue weighted by atomic mass is 9.82. The van der Waals surface area contributed by atoms with Crippen LogP contribution in [0, 0.1) is 28.1 Å². The van der Waals surface area contributed by atoms with E-state index in [-0.39, 0.29) is 0 Å². The fourth-order valence-corrected chi connectivity index (χ4v) is 1.10. The Bertz CT molecular complexity index is 174. The van der Waals surface area contributed by atoms with E-state index in [0.717, 1.165) is 13.1 Å². The lowest BCUT2D eigenvalue weighted by Crippen LogP contribution is -2.34. The van der Waals surface area contributed by atoms with Gasteiger partial charge in [-0.25, -0.2) is 0 Å². The van der Waals surface area contributed by atoms with Crippen molar-refractivity contribution in [2.75, 3.05) is 13.1 Å². The summed E-state index contributed by atoms with van der Waals surface area (Å²) >= 11 is 0. The highest BCUT2D eigenvalue weighted by Crippen LogP contribution is 2.25. The van der Waals surface area contributed by atoms with Gasteiger partial charge in [0.05, 0.1) is 12.1 Å². The Balaban J connectivity index is 2.67. The minimum Gasteiger partial charge on any atom is -0.317 e. The minimum absolute atomic E-state index is 0.667. The van der Waals surface area contributed by atoms with Gasteiger partial charge in [-0.05, 0) is 25.9 Å². The maximum Gasteiger partial charge on any atom is 0.146 e. The number of piperidine rings is 1.